The molecule has 0 spiro atoms. The van der Waals surface area contributed by atoms with Crippen LogP contribution in [0, 0.1) is 6.92 Å². The van der Waals surface area contributed by atoms with Crippen LogP contribution in [0.4, 0.5) is 5.95 Å². The van der Waals surface area contributed by atoms with Crippen LogP contribution in [0.1, 0.15) is 5.01 Å². The number of aromatic nitrogens is 4. The summed E-state index contributed by atoms with van der Waals surface area (Å²) in [7, 11) is 1.76. The molecule has 6 heteroatoms. The fourth-order valence-corrected chi connectivity index (χ4v) is 1.67. The van der Waals surface area contributed by atoms with Crippen LogP contribution in [0.25, 0.3) is 10.7 Å². The maximum absolute atomic E-state index is 5.56. The van der Waals surface area contributed by atoms with E-state index in [1.165, 1.54) is 0 Å². The van der Waals surface area contributed by atoms with Crippen LogP contribution in [-0.2, 0) is 7.05 Å². The molecule has 0 aliphatic heterocycles. The van der Waals surface area contributed by atoms with Crippen molar-refractivity contribution in [3.63, 3.8) is 0 Å². The molecule has 0 bridgehead atoms. The largest absolute Gasteiger partial charge is 0.368 e. The van der Waals surface area contributed by atoms with E-state index in [9.17, 15) is 0 Å². The summed E-state index contributed by atoms with van der Waals surface area (Å²) in [5.41, 5.74) is 5.56. The van der Waals surface area contributed by atoms with Gasteiger partial charge in [-0.25, -0.2) is 9.67 Å². The third-order valence-electron chi connectivity index (χ3n) is 1.64. The van der Waals surface area contributed by atoms with Gasteiger partial charge in [0.15, 0.2) is 5.82 Å². The standard InChI is InChI=1S/C7H9N5S/c1-4-9-3-5(13-4)6-10-7(8)12(2)11-6/h3H,1-2H3,(H2,8,10,11). The lowest BCUT2D eigenvalue weighted by atomic mass is 10.5. The van der Waals surface area contributed by atoms with Crippen molar-refractivity contribution in [2.24, 2.45) is 7.05 Å². The number of rotatable bonds is 1. The highest BCUT2D eigenvalue weighted by Gasteiger charge is 2.08. The third kappa shape index (κ3) is 1.40. The molecule has 0 atom stereocenters. The Labute approximate surface area is 79.2 Å². The SMILES string of the molecule is Cc1ncc(-c2nc(N)n(C)n2)s1. The Morgan fingerprint density at radius 2 is 2.31 bits per heavy atom. The number of thiazole rings is 1. The fourth-order valence-electron chi connectivity index (χ4n) is 0.966. The van der Waals surface area contributed by atoms with Crippen molar-refractivity contribution in [1.82, 2.24) is 19.7 Å². The van der Waals surface area contributed by atoms with E-state index in [0.29, 0.717) is 11.8 Å². The van der Waals surface area contributed by atoms with Gasteiger partial charge in [0.2, 0.25) is 5.95 Å². The van der Waals surface area contributed by atoms with Crippen molar-refractivity contribution in [1.29, 1.82) is 0 Å². The third-order valence-corrected chi connectivity index (χ3v) is 2.55. The van der Waals surface area contributed by atoms with Gasteiger partial charge in [-0.2, -0.15) is 4.98 Å². The molecule has 0 unspecified atom stereocenters. The number of nitrogens with two attached hydrogens (primary N) is 1. The highest BCUT2D eigenvalue weighted by Crippen LogP contribution is 2.22. The Balaban J connectivity index is 2.46. The van der Waals surface area contributed by atoms with Gasteiger partial charge in [0.05, 0.1) is 9.88 Å². The van der Waals surface area contributed by atoms with E-state index in [1.807, 2.05) is 6.92 Å². The second-order valence-corrected chi connectivity index (χ2v) is 3.90. The van der Waals surface area contributed by atoms with Gasteiger partial charge in [0, 0.05) is 13.2 Å². The maximum Gasteiger partial charge on any atom is 0.218 e. The predicted molar refractivity (Wildman–Crippen MR) is 51.3 cm³/mol. The zero-order chi connectivity index (χ0) is 9.42. The van der Waals surface area contributed by atoms with Crippen molar-refractivity contribution in [2.45, 2.75) is 6.92 Å². The average molecular weight is 195 g/mol. The first kappa shape index (κ1) is 8.18. The summed E-state index contributed by atoms with van der Waals surface area (Å²) in [5, 5.41) is 5.15. The molecule has 2 rings (SSSR count). The summed E-state index contributed by atoms with van der Waals surface area (Å²) in [4.78, 5) is 9.16. The number of hydrogen-bond donors (Lipinski definition) is 1. The molecule has 2 aromatic heterocycles. The highest BCUT2D eigenvalue weighted by molar-refractivity contribution is 7.14. The Morgan fingerprint density at radius 1 is 1.54 bits per heavy atom. The molecule has 0 aliphatic carbocycles. The van der Waals surface area contributed by atoms with Crippen molar-refractivity contribution in [2.75, 3.05) is 5.73 Å². The van der Waals surface area contributed by atoms with Crippen LogP contribution in [0.2, 0.25) is 0 Å². The van der Waals surface area contributed by atoms with Gasteiger partial charge in [-0.15, -0.1) is 16.4 Å². The first-order valence-corrected chi connectivity index (χ1v) is 4.58. The zero-order valence-electron chi connectivity index (χ0n) is 7.35. The lowest BCUT2D eigenvalue weighted by molar-refractivity contribution is 0.781. The molecule has 0 saturated carbocycles. The van der Waals surface area contributed by atoms with E-state index in [2.05, 4.69) is 15.1 Å². The van der Waals surface area contributed by atoms with Gasteiger partial charge in [0.1, 0.15) is 0 Å². The molecule has 2 heterocycles. The lowest BCUT2D eigenvalue weighted by Crippen LogP contribution is -1.97. The van der Waals surface area contributed by atoms with Gasteiger partial charge in [-0.1, -0.05) is 0 Å². The molecule has 0 saturated heterocycles. The van der Waals surface area contributed by atoms with Gasteiger partial charge >= 0.3 is 0 Å². The van der Waals surface area contributed by atoms with E-state index >= 15 is 0 Å². The Kier molecular flexibility index (Phi) is 1.77. The molecule has 0 amide bonds. The first-order chi connectivity index (χ1) is 6.16. The van der Waals surface area contributed by atoms with Gasteiger partial charge in [0.25, 0.3) is 0 Å². The van der Waals surface area contributed by atoms with Crippen LogP contribution >= 0.6 is 11.3 Å². The van der Waals surface area contributed by atoms with Crippen molar-refractivity contribution in [3.05, 3.63) is 11.2 Å². The quantitative estimate of drug-likeness (QED) is 0.731. The highest BCUT2D eigenvalue weighted by atomic mass is 32.1. The van der Waals surface area contributed by atoms with Crippen molar-refractivity contribution < 1.29 is 0 Å². The molecule has 68 valence electrons. The summed E-state index contributed by atoms with van der Waals surface area (Å²) in [6, 6.07) is 0. The summed E-state index contributed by atoms with van der Waals surface area (Å²) < 4.78 is 1.55. The minimum atomic E-state index is 0.418. The van der Waals surface area contributed by atoms with Gasteiger partial charge in [-0.3, -0.25) is 0 Å². The zero-order valence-corrected chi connectivity index (χ0v) is 8.17. The van der Waals surface area contributed by atoms with Crippen LogP contribution in [0.3, 0.4) is 0 Å². The smallest absolute Gasteiger partial charge is 0.218 e. The molecule has 2 N–H and O–H groups in total. The minimum Gasteiger partial charge on any atom is -0.368 e. The maximum atomic E-state index is 5.56. The van der Waals surface area contributed by atoms with E-state index in [4.69, 9.17) is 5.73 Å². The number of aryl methyl sites for hydroxylation is 2. The summed E-state index contributed by atoms with van der Waals surface area (Å²) in [6.07, 6.45) is 1.76. The second kappa shape index (κ2) is 2.81. The van der Waals surface area contributed by atoms with Crippen LogP contribution < -0.4 is 5.73 Å². The van der Waals surface area contributed by atoms with E-state index in [0.717, 1.165) is 9.88 Å². The average Bonchev–Trinajstić information content (AvgIpc) is 2.61. The van der Waals surface area contributed by atoms with Crippen molar-refractivity contribution in [3.8, 4) is 10.7 Å². The van der Waals surface area contributed by atoms with Gasteiger partial charge < -0.3 is 5.73 Å². The predicted octanol–water partition coefficient (Wildman–Crippen LogP) is 0.829. The van der Waals surface area contributed by atoms with Crippen molar-refractivity contribution >= 4 is 17.3 Å². The van der Waals surface area contributed by atoms with Crippen LogP contribution in [0.5, 0.6) is 0 Å². The van der Waals surface area contributed by atoms with Crippen LogP contribution in [-0.4, -0.2) is 19.7 Å². The first-order valence-electron chi connectivity index (χ1n) is 3.76. The molecule has 0 radical (unpaired) electrons. The summed E-state index contributed by atoms with van der Waals surface area (Å²) in [6.45, 7) is 1.94. The normalized spacial score (nSPS) is 10.6. The van der Waals surface area contributed by atoms with Gasteiger partial charge in [-0.05, 0) is 6.92 Å². The second-order valence-electron chi connectivity index (χ2n) is 2.66. The summed E-state index contributed by atoms with van der Waals surface area (Å²) >= 11 is 1.56. The molecule has 2 aromatic rings. The number of anilines is 1. The van der Waals surface area contributed by atoms with E-state index < -0.39 is 0 Å². The monoisotopic (exact) mass is 195 g/mol. The Hall–Kier alpha value is -1.43. The molecule has 0 aliphatic rings. The molecule has 13 heavy (non-hydrogen) atoms. The topological polar surface area (TPSA) is 69.6 Å². The molecule has 0 fully saturated rings. The van der Waals surface area contributed by atoms with E-state index in [1.54, 1.807) is 29.3 Å². The minimum absolute atomic E-state index is 0.418. The number of nitrogens with zero attached hydrogens (tertiary/aromatic N) is 4. The van der Waals surface area contributed by atoms with Crippen LogP contribution in [0.15, 0.2) is 6.20 Å². The Morgan fingerprint density at radius 3 is 2.77 bits per heavy atom. The molecular formula is C7H9N5S. The number of nitrogen functional groups attached to an aromatic ring is 1. The lowest BCUT2D eigenvalue weighted by Gasteiger charge is -1.85. The molecular weight excluding hydrogens is 186 g/mol. The van der Waals surface area contributed by atoms with E-state index in [-0.39, 0.29) is 0 Å². The molecule has 5 nitrogen and oxygen atoms in total. The number of hydrogen-bond acceptors (Lipinski definition) is 5. The fraction of sp³-hybridized carbons (Fsp3) is 0.286. The summed E-state index contributed by atoms with van der Waals surface area (Å²) in [5.74, 6) is 1.06. The Bertz CT molecular complexity index is 410. The molecule has 0 aromatic carbocycles.